The topological polar surface area (TPSA) is 88.6 Å². The molecule has 1 aromatic heterocycles. The average molecular weight is 484 g/mol. The number of thiazole rings is 1. The Balaban J connectivity index is 1.23. The molecule has 0 spiro atoms. The largest absolute Gasteiger partial charge is 0.451 e. The van der Waals surface area contributed by atoms with Crippen LogP contribution in [0.25, 0.3) is 10.6 Å². The van der Waals surface area contributed by atoms with E-state index >= 15 is 0 Å². The number of rotatable bonds is 6. The first kappa shape index (κ1) is 22.9. The van der Waals surface area contributed by atoms with E-state index in [2.05, 4.69) is 10.3 Å². The number of piperidine rings is 1. The number of aromatic nitrogens is 1. The molecule has 2 amide bonds. The van der Waals surface area contributed by atoms with Crippen LogP contribution >= 0.6 is 22.9 Å². The van der Waals surface area contributed by atoms with Gasteiger partial charge in [0.25, 0.3) is 5.91 Å². The van der Waals surface area contributed by atoms with Crippen LogP contribution in [-0.4, -0.2) is 47.4 Å². The Morgan fingerprint density at radius 3 is 2.45 bits per heavy atom. The van der Waals surface area contributed by atoms with Gasteiger partial charge in [0.2, 0.25) is 5.91 Å². The number of anilines is 1. The number of benzene rings is 2. The minimum absolute atomic E-state index is 0.0419. The van der Waals surface area contributed by atoms with Crippen molar-refractivity contribution in [2.24, 2.45) is 5.92 Å². The Morgan fingerprint density at radius 2 is 1.76 bits per heavy atom. The van der Waals surface area contributed by atoms with Crippen molar-refractivity contribution in [2.75, 3.05) is 25.0 Å². The van der Waals surface area contributed by atoms with Crippen molar-refractivity contribution < 1.29 is 19.1 Å². The number of hydrogen-bond acceptors (Lipinski definition) is 6. The van der Waals surface area contributed by atoms with Crippen LogP contribution in [0.15, 0.2) is 60.0 Å². The molecule has 0 saturated carbocycles. The molecule has 2 aromatic carbocycles. The van der Waals surface area contributed by atoms with Gasteiger partial charge in [0.1, 0.15) is 5.01 Å². The summed E-state index contributed by atoms with van der Waals surface area (Å²) in [4.78, 5) is 43.2. The number of ether oxygens (including phenoxy) is 1. The van der Waals surface area contributed by atoms with Crippen LogP contribution in [-0.2, 0) is 14.3 Å². The van der Waals surface area contributed by atoms with E-state index < -0.39 is 5.97 Å². The number of carbonyl (C=O) groups is 3. The van der Waals surface area contributed by atoms with Gasteiger partial charge < -0.3 is 15.0 Å². The normalized spacial score (nSPS) is 14.0. The Hall–Kier alpha value is -3.23. The molecular weight excluding hydrogens is 462 g/mol. The number of carbonyl (C=O) groups excluding carboxylic acids is 3. The van der Waals surface area contributed by atoms with Gasteiger partial charge in [-0.2, -0.15) is 0 Å². The quantitative estimate of drug-likeness (QED) is 0.521. The smallest absolute Gasteiger partial charge is 0.358 e. The minimum Gasteiger partial charge on any atom is -0.451 e. The van der Waals surface area contributed by atoms with Crippen LogP contribution < -0.4 is 5.32 Å². The van der Waals surface area contributed by atoms with Crippen LogP contribution in [0.5, 0.6) is 0 Å². The Morgan fingerprint density at radius 1 is 1.06 bits per heavy atom. The molecule has 0 radical (unpaired) electrons. The van der Waals surface area contributed by atoms with Crippen LogP contribution in [0.4, 0.5) is 5.69 Å². The van der Waals surface area contributed by atoms with Gasteiger partial charge in [-0.1, -0.05) is 41.9 Å². The fourth-order valence-electron chi connectivity index (χ4n) is 3.54. The van der Waals surface area contributed by atoms with Crippen LogP contribution in [0.3, 0.4) is 0 Å². The number of likely N-dealkylation sites (tertiary alicyclic amines) is 1. The standard InChI is InChI=1S/C24H22ClN3O4S/c25-18-8-6-17(7-9-18)23-27-20(15-33-23)24(31)32-14-21(29)28-12-10-16(11-13-28)22(30)26-19-4-2-1-3-5-19/h1-9,15-16H,10-14H2,(H,26,30). The van der Waals surface area contributed by atoms with Gasteiger partial charge in [-0.25, -0.2) is 9.78 Å². The number of halogens is 1. The molecule has 170 valence electrons. The maximum Gasteiger partial charge on any atom is 0.358 e. The molecule has 1 aliphatic heterocycles. The molecule has 9 heteroatoms. The lowest BCUT2D eigenvalue weighted by atomic mass is 9.95. The first-order chi connectivity index (χ1) is 16.0. The highest BCUT2D eigenvalue weighted by molar-refractivity contribution is 7.13. The Kier molecular flexibility index (Phi) is 7.36. The fraction of sp³-hybridized carbons (Fsp3) is 0.250. The van der Waals surface area contributed by atoms with Crippen molar-refractivity contribution in [3.05, 3.63) is 70.7 Å². The van der Waals surface area contributed by atoms with Crippen molar-refractivity contribution in [1.29, 1.82) is 0 Å². The lowest BCUT2D eigenvalue weighted by molar-refractivity contribution is -0.137. The second-order valence-electron chi connectivity index (χ2n) is 7.63. The van der Waals surface area contributed by atoms with Crippen molar-refractivity contribution in [1.82, 2.24) is 9.88 Å². The lowest BCUT2D eigenvalue weighted by Gasteiger charge is -2.31. The van der Waals surface area contributed by atoms with Gasteiger partial charge in [-0.05, 0) is 37.1 Å². The number of para-hydroxylation sites is 1. The molecule has 1 fully saturated rings. The molecule has 4 rings (SSSR count). The van der Waals surface area contributed by atoms with Crippen LogP contribution in [0, 0.1) is 5.92 Å². The fourth-order valence-corrected chi connectivity index (χ4v) is 4.46. The number of esters is 1. The summed E-state index contributed by atoms with van der Waals surface area (Å²) in [6.45, 7) is 0.537. The van der Waals surface area contributed by atoms with E-state index in [9.17, 15) is 14.4 Å². The van der Waals surface area contributed by atoms with Crippen molar-refractivity contribution in [2.45, 2.75) is 12.8 Å². The molecule has 7 nitrogen and oxygen atoms in total. The van der Waals surface area contributed by atoms with Gasteiger partial charge in [-0.3, -0.25) is 9.59 Å². The van der Waals surface area contributed by atoms with Gasteiger partial charge in [-0.15, -0.1) is 11.3 Å². The number of nitrogens with one attached hydrogen (secondary N) is 1. The summed E-state index contributed by atoms with van der Waals surface area (Å²) in [5, 5.41) is 5.80. The van der Waals surface area contributed by atoms with E-state index in [0.29, 0.717) is 36.0 Å². The third kappa shape index (κ3) is 5.97. The summed E-state index contributed by atoms with van der Waals surface area (Å²) in [5.74, 6) is -1.12. The first-order valence-electron chi connectivity index (χ1n) is 10.5. The summed E-state index contributed by atoms with van der Waals surface area (Å²) >= 11 is 7.21. The zero-order valence-corrected chi connectivity index (χ0v) is 19.3. The highest BCUT2D eigenvalue weighted by atomic mass is 35.5. The highest BCUT2D eigenvalue weighted by Crippen LogP contribution is 2.25. The number of nitrogens with zero attached hydrogens (tertiary/aromatic N) is 2. The summed E-state index contributed by atoms with van der Waals surface area (Å²) in [5.41, 5.74) is 1.77. The molecule has 0 atom stereocenters. The van der Waals surface area contributed by atoms with E-state index in [1.54, 1.807) is 22.4 Å². The zero-order chi connectivity index (χ0) is 23.2. The van der Waals surface area contributed by atoms with Crippen LogP contribution in [0.1, 0.15) is 23.3 Å². The molecule has 0 aliphatic carbocycles. The van der Waals surface area contributed by atoms with E-state index in [0.717, 1.165) is 11.3 Å². The van der Waals surface area contributed by atoms with Gasteiger partial charge in [0.05, 0.1) is 0 Å². The van der Waals surface area contributed by atoms with Gasteiger partial charge in [0.15, 0.2) is 12.3 Å². The third-order valence-electron chi connectivity index (χ3n) is 5.39. The molecule has 1 saturated heterocycles. The summed E-state index contributed by atoms with van der Waals surface area (Å²) < 4.78 is 5.18. The second-order valence-corrected chi connectivity index (χ2v) is 8.93. The van der Waals surface area contributed by atoms with E-state index in [1.807, 2.05) is 42.5 Å². The molecular formula is C24H22ClN3O4S. The Bertz CT molecular complexity index is 1130. The summed E-state index contributed by atoms with van der Waals surface area (Å²) in [6, 6.07) is 16.4. The molecule has 2 heterocycles. The lowest BCUT2D eigenvalue weighted by Crippen LogP contribution is -2.43. The minimum atomic E-state index is -0.642. The number of amides is 2. The predicted molar refractivity (Wildman–Crippen MR) is 127 cm³/mol. The third-order valence-corrected chi connectivity index (χ3v) is 6.53. The average Bonchev–Trinajstić information content (AvgIpc) is 3.34. The van der Waals surface area contributed by atoms with Crippen LogP contribution in [0.2, 0.25) is 5.02 Å². The van der Waals surface area contributed by atoms with Crippen molar-refractivity contribution in [3.8, 4) is 10.6 Å². The van der Waals surface area contributed by atoms with Crippen molar-refractivity contribution in [3.63, 3.8) is 0 Å². The summed E-state index contributed by atoms with van der Waals surface area (Å²) in [7, 11) is 0. The maximum atomic E-state index is 12.5. The number of hydrogen-bond donors (Lipinski definition) is 1. The molecule has 1 N–H and O–H groups in total. The highest BCUT2D eigenvalue weighted by Gasteiger charge is 2.28. The molecule has 1 aliphatic rings. The summed E-state index contributed by atoms with van der Waals surface area (Å²) in [6.07, 6.45) is 1.13. The predicted octanol–water partition coefficient (Wildman–Crippen LogP) is 4.50. The van der Waals surface area contributed by atoms with E-state index in [4.69, 9.17) is 16.3 Å². The van der Waals surface area contributed by atoms with Gasteiger partial charge in [0, 0.05) is 40.7 Å². The van der Waals surface area contributed by atoms with E-state index in [-0.39, 0.29) is 30.0 Å². The molecule has 3 aromatic rings. The van der Waals surface area contributed by atoms with E-state index in [1.165, 1.54) is 11.3 Å². The SMILES string of the molecule is O=C(OCC(=O)N1CCC(C(=O)Nc2ccccc2)CC1)c1csc(-c2ccc(Cl)cc2)n1. The molecule has 33 heavy (non-hydrogen) atoms. The zero-order valence-electron chi connectivity index (χ0n) is 17.7. The van der Waals surface area contributed by atoms with Gasteiger partial charge >= 0.3 is 5.97 Å². The molecule has 0 unspecified atom stereocenters. The maximum absolute atomic E-state index is 12.5. The second kappa shape index (κ2) is 10.6. The van der Waals surface area contributed by atoms with Crippen molar-refractivity contribution >= 4 is 46.4 Å². The first-order valence-corrected chi connectivity index (χ1v) is 11.8. The Labute approximate surface area is 200 Å². The molecule has 0 bridgehead atoms. The monoisotopic (exact) mass is 483 g/mol.